The van der Waals surface area contributed by atoms with Gasteiger partial charge < -0.3 is 4.48 Å². The fourth-order valence-electron chi connectivity index (χ4n) is 0.422. The molecule has 1 aromatic heterocycles. The van der Waals surface area contributed by atoms with E-state index in [-0.39, 0.29) is 0 Å². The van der Waals surface area contributed by atoms with Crippen molar-refractivity contribution in [2.24, 2.45) is 0 Å². The van der Waals surface area contributed by atoms with Gasteiger partial charge in [0.25, 0.3) is 0 Å². The van der Waals surface area contributed by atoms with E-state index in [2.05, 4.69) is 4.98 Å². The number of hydrogen-bond donors (Lipinski definition) is 0. The Bertz CT molecular complexity index is 124. The van der Waals surface area contributed by atoms with Crippen LogP contribution in [0.2, 0.25) is 6.82 Å². The van der Waals surface area contributed by atoms with Gasteiger partial charge >= 0.3 is 0 Å². The summed E-state index contributed by atoms with van der Waals surface area (Å²) in [6, 6.07) is 0. The first-order valence-corrected chi connectivity index (χ1v) is 2.20. The van der Waals surface area contributed by atoms with E-state index in [4.69, 9.17) is 0 Å². The van der Waals surface area contributed by atoms with E-state index in [0.29, 0.717) is 0 Å². The molecular weight excluding hydrogens is 86.9 g/mol. The highest BCUT2D eigenvalue weighted by atomic mass is 14.9. The van der Waals surface area contributed by atoms with Crippen molar-refractivity contribution in [3.63, 3.8) is 0 Å². The lowest BCUT2D eigenvalue weighted by Crippen LogP contribution is -1.95. The van der Waals surface area contributed by atoms with Crippen LogP contribution in [0, 0.1) is 0 Å². The van der Waals surface area contributed by atoms with Crippen LogP contribution in [-0.2, 0) is 0 Å². The van der Waals surface area contributed by atoms with Crippen LogP contribution in [0.3, 0.4) is 0 Å². The normalized spacial score (nSPS) is 8.71. The van der Waals surface area contributed by atoms with Crippen LogP contribution in [0.4, 0.5) is 0 Å². The molecule has 0 unspecified atom stereocenters. The zero-order valence-electron chi connectivity index (χ0n) is 4.20. The van der Waals surface area contributed by atoms with E-state index in [0.717, 1.165) is 0 Å². The molecule has 0 atom stereocenters. The Morgan fingerprint density at radius 1 is 1.71 bits per heavy atom. The minimum Gasteiger partial charge on any atom is -0.387 e. The van der Waals surface area contributed by atoms with E-state index >= 15 is 0 Å². The summed E-state index contributed by atoms with van der Waals surface area (Å²) in [5.41, 5.74) is 0. The maximum atomic E-state index is 3.82. The fraction of sp³-hybridized carbons (Fsp3) is 0.250. The zero-order chi connectivity index (χ0) is 5.11. The molecule has 0 aliphatic heterocycles. The molecular formula is C4H6BN2. The van der Waals surface area contributed by atoms with Crippen molar-refractivity contribution >= 4 is 7.41 Å². The van der Waals surface area contributed by atoms with Gasteiger partial charge in [-0.25, -0.2) is 4.98 Å². The van der Waals surface area contributed by atoms with E-state index in [1.54, 1.807) is 12.5 Å². The molecule has 0 amide bonds. The van der Waals surface area contributed by atoms with Crippen molar-refractivity contribution in [3.8, 4) is 0 Å². The monoisotopic (exact) mass is 93.1 g/mol. The van der Waals surface area contributed by atoms with Crippen LogP contribution < -0.4 is 0 Å². The average molecular weight is 92.9 g/mol. The summed E-state index contributed by atoms with van der Waals surface area (Å²) in [4.78, 5) is 3.82. The van der Waals surface area contributed by atoms with Gasteiger partial charge in [0.2, 0.25) is 7.41 Å². The molecule has 0 spiro atoms. The Morgan fingerprint density at radius 2 is 2.57 bits per heavy atom. The molecule has 1 rings (SSSR count). The SMILES string of the molecule is C[B]n1ccnc1. The van der Waals surface area contributed by atoms with Crippen molar-refractivity contribution in [1.82, 2.24) is 9.46 Å². The topological polar surface area (TPSA) is 17.8 Å². The lowest BCUT2D eigenvalue weighted by molar-refractivity contribution is 1.19. The minimum absolute atomic E-state index is 1.75. The van der Waals surface area contributed by atoms with Gasteiger partial charge in [-0.1, -0.05) is 6.82 Å². The Hall–Kier alpha value is -0.725. The molecule has 0 aliphatic rings. The molecule has 1 aromatic rings. The van der Waals surface area contributed by atoms with Gasteiger partial charge in [0.15, 0.2) is 0 Å². The van der Waals surface area contributed by atoms with Gasteiger partial charge in [0.1, 0.15) is 0 Å². The van der Waals surface area contributed by atoms with Crippen molar-refractivity contribution in [2.45, 2.75) is 6.82 Å². The highest BCUT2D eigenvalue weighted by molar-refractivity contribution is 6.31. The third-order valence-electron chi connectivity index (χ3n) is 0.823. The molecule has 0 aliphatic carbocycles. The molecule has 0 N–H and O–H groups in total. The lowest BCUT2D eigenvalue weighted by Gasteiger charge is -1.85. The average Bonchev–Trinajstić information content (AvgIpc) is 2.14. The maximum Gasteiger partial charge on any atom is 0.249 e. The van der Waals surface area contributed by atoms with Crippen LogP contribution in [0.1, 0.15) is 0 Å². The number of aromatic nitrogens is 2. The first-order chi connectivity index (χ1) is 3.43. The fourth-order valence-corrected chi connectivity index (χ4v) is 0.422. The molecule has 1 radical (unpaired) electrons. The molecule has 2 nitrogen and oxygen atoms in total. The number of nitrogens with zero attached hydrogens (tertiary/aromatic N) is 2. The first-order valence-electron chi connectivity index (χ1n) is 2.20. The Balaban J connectivity index is 2.76. The Kier molecular flexibility index (Phi) is 1.15. The van der Waals surface area contributed by atoms with Crippen molar-refractivity contribution in [1.29, 1.82) is 0 Å². The van der Waals surface area contributed by atoms with Gasteiger partial charge in [0, 0.05) is 12.4 Å². The van der Waals surface area contributed by atoms with Crippen LogP contribution in [-0.4, -0.2) is 16.9 Å². The van der Waals surface area contributed by atoms with Gasteiger partial charge in [-0.15, -0.1) is 0 Å². The van der Waals surface area contributed by atoms with Crippen LogP contribution in [0.5, 0.6) is 0 Å². The van der Waals surface area contributed by atoms with Crippen LogP contribution in [0.15, 0.2) is 18.7 Å². The summed E-state index contributed by atoms with van der Waals surface area (Å²) in [6.07, 6.45) is 5.39. The van der Waals surface area contributed by atoms with E-state index in [1.165, 1.54) is 0 Å². The van der Waals surface area contributed by atoms with E-state index in [1.807, 2.05) is 24.9 Å². The van der Waals surface area contributed by atoms with Crippen LogP contribution in [0.25, 0.3) is 0 Å². The smallest absolute Gasteiger partial charge is 0.249 e. The minimum atomic E-state index is 1.75. The highest BCUT2D eigenvalue weighted by Gasteiger charge is 1.80. The summed E-state index contributed by atoms with van der Waals surface area (Å²) < 4.78 is 1.89. The first kappa shape index (κ1) is 4.43. The summed E-state index contributed by atoms with van der Waals surface area (Å²) in [6.45, 7) is 1.96. The number of imidazole rings is 1. The second-order valence-corrected chi connectivity index (χ2v) is 1.27. The second-order valence-electron chi connectivity index (χ2n) is 1.27. The maximum absolute atomic E-state index is 3.82. The van der Waals surface area contributed by atoms with Gasteiger partial charge in [0.05, 0.1) is 6.33 Å². The summed E-state index contributed by atoms with van der Waals surface area (Å²) in [7, 11) is 1.94. The van der Waals surface area contributed by atoms with Crippen molar-refractivity contribution in [2.75, 3.05) is 0 Å². The number of hydrogen-bond acceptors (Lipinski definition) is 1. The van der Waals surface area contributed by atoms with Gasteiger partial charge in [-0.3, -0.25) is 0 Å². The van der Waals surface area contributed by atoms with Crippen molar-refractivity contribution < 1.29 is 0 Å². The Morgan fingerprint density at radius 3 is 2.86 bits per heavy atom. The predicted molar refractivity (Wildman–Crippen MR) is 29.2 cm³/mol. The van der Waals surface area contributed by atoms with Crippen molar-refractivity contribution in [3.05, 3.63) is 18.7 Å². The quantitative estimate of drug-likeness (QED) is 0.459. The summed E-state index contributed by atoms with van der Waals surface area (Å²) in [5, 5.41) is 0. The molecule has 3 heteroatoms. The molecule has 0 fully saturated rings. The molecule has 0 aromatic carbocycles. The molecule has 35 valence electrons. The molecule has 0 bridgehead atoms. The zero-order valence-corrected chi connectivity index (χ0v) is 4.20. The van der Waals surface area contributed by atoms with E-state index in [9.17, 15) is 0 Å². The molecule has 7 heavy (non-hydrogen) atoms. The molecule has 0 saturated carbocycles. The highest BCUT2D eigenvalue weighted by Crippen LogP contribution is 1.77. The van der Waals surface area contributed by atoms with Crippen LogP contribution >= 0.6 is 0 Å². The lowest BCUT2D eigenvalue weighted by atomic mass is 10.0. The van der Waals surface area contributed by atoms with E-state index < -0.39 is 0 Å². The Labute approximate surface area is 43.4 Å². The molecule has 1 heterocycles. The third-order valence-corrected chi connectivity index (χ3v) is 0.823. The molecule has 0 saturated heterocycles. The van der Waals surface area contributed by atoms with Gasteiger partial charge in [-0.2, -0.15) is 0 Å². The second kappa shape index (κ2) is 1.82. The number of rotatable bonds is 1. The predicted octanol–water partition coefficient (Wildman–Crippen LogP) is 0.398. The largest absolute Gasteiger partial charge is 0.387 e. The summed E-state index contributed by atoms with van der Waals surface area (Å²) >= 11 is 0. The standard InChI is InChI=1S/C4H6BN2/c1-5-7-3-2-6-4-7/h2-4H,1H3. The summed E-state index contributed by atoms with van der Waals surface area (Å²) in [5.74, 6) is 0. The van der Waals surface area contributed by atoms with Gasteiger partial charge in [-0.05, 0) is 0 Å². The third kappa shape index (κ3) is 0.826.